The van der Waals surface area contributed by atoms with Crippen molar-refractivity contribution in [3.8, 4) is 11.5 Å². The van der Waals surface area contributed by atoms with E-state index < -0.39 is 5.97 Å². The topological polar surface area (TPSA) is 67.8 Å². The first-order valence-corrected chi connectivity index (χ1v) is 11.1. The van der Waals surface area contributed by atoms with Crippen LogP contribution in [0.15, 0.2) is 48.5 Å². The molecule has 2 N–H and O–H groups in total. The molecule has 3 rings (SSSR count). The zero-order valence-electron chi connectivity index (χ0n) is 16.9. The molecule has 0 unspecified atom stereocenters. The summed E-state index contributed by atoms with van der Waals surface area (Å²) in [4.78, 5) is 11.3. The smallest absolute Gasteiger partial charge is 0.337 e. The molecule has 0 saturated heterocycles. The van der Waals surface area contributed by atoms with Gasteiger partial charge in [0.2, 0.25) is 0 Å². The molecule has 3 aromatic rings. The second kappa shape index (κ2) is 11.0. The largest absolute Gasteiger partial charge is 0.490 e. The van der Waals surface area contributed by atoms with E-state index in [0.717, 1.165) is 11.1 Å². The van der Waals surface area contributed by atoms with Crippen molar-refractivity contribution >= 4 is 58.1 Å². The van der Waals surface area contributed by atoms with Gasteiger partial charge in [-0.3, -0.25) is 0 Å². The summed E-state index contributed by atoms with van der Waals surface area (Å²) in [5.41, 5.74) is 2.30. The molecule has 0 radical (unpaired) electrons. The predicted octanol–water partition coefficient (Wildman–Crippen LogP) is 7.59. The summed E-state index contributed by atoms with van der Waals surface area (Å²) in [6.07, 6.45) is 0. The highest BCUT2D eigenvalue weighted by Crippen LogP contribution is 2.38. The molecule has 5 nitrogen and oxygen atoms in total. The van der Waals surface area contributed by atoms with Crippen LogP contribution in [0, 0.1) is 0 Å². The monoisotopic (exact) mass is 513 g/mol. The van der Waals surface area contributed by atoms with Gasteiger partial charge in [0.15, 0.2) is 11.5 Å². The number of halogens is 4. The van der Waals surface area contributed by atoms with Gasteiger partial charge in [-0.15, -0.1) is 0 Å². The van der Waals surface area contributed by atoms with E-state index in [9.17, 15) is 9.90 Å². The molecule has 0 saturated carbocycles. The van der Waals surface area contributed by atoms with E-state index in [1.165, 1.54) is 12.1 Å². The van der Waals surface area contributed by atoms with Gasteiger partial charge < -0.3 is 19.9 Å². The zero-order valence-corrected chi connectivity index (χ0v) is 19.9. The summed E-state index contributed by atoms with van der Waals surface area (Å²) in [5.74, 6) is -0.175. The number of carboxylic acids is 1. The fourth-order valence-corrected chi connectivity index (χ4v) is 3.72. The summed E-state index contributed by atoms with van der Waals surface area (Å²) in [5, 5.41) is 13.9. The lowest BCUT2D eigenvalue weighted by atomic mass is 10.1. The lowest BCUT2D eigenvalue weighted by Gasteiger charge is -2.16. The average molecular weight is 515 g/mol. The molecule has 0 aromatic heterocycles. The van der Waals surface area contributed by atoms with Gasteiger partial charge in [0.25, 0.3) is 0 Å². The normalized spacial score (nSPS) is 10.7. The number of nitrogens with one attached hydrogen (secondary N) is 1. The average Bonchev–Trinajstić information content (AvgIpc) is 2.75. The summed E-state index contributed by atoms with van der Waals surface area (Å²) in [6.45, 7) is 2.91. The number of carboxylic acid groups (broad SMARTS) is 1. The Kier molecular flexibility index (Phi) is 8.38. The molecule has 0 atom stereocenters. The van der Waals surface area contributed by atoms with Crippen LogP contribution in [0.2, 0.25) is 20.1 Å². The van der Waals surface area contributed by atoms with Crippen LogP contribution >= 0.6 is 46.4 Å². The predicted molar refractivity (Wildman–Crippen MR) is 129 cm³/mol. The van der Waals surface area contributed by atoms with Crippen molar-refractivity contribution in [3.05, 3.63) is 85.3 Å². The number of carbonyl (C=O) groups is 1. The quantitative estimate of drug-likeness (QED) is 0.308. The minimum atomic E-state index is -1.09. The minimum Gasteiger partial charge on any atom is -0.490 e. The lowest BCUT2D eigenvalue weighted by molar-refractivity contribution is 0.0697. The Hall–Kier alpha value is -2.31. The number of rotatable bonds is 9. The second-order valence-corrected chi connectivity index (χ2v) is 8.36. The first kappa shape index (κ1) is 24.3. The van der Waals surface area contributed by atoms with Crippen LogP contribution in [0.3, 0.4) is 0 Å². The van der Waals surface area contributed by atoms with Crippen LogP contribution < -0.4 is 14.8 Å². The van der Waals surface area contributed by atoms with Crippen LogP contribution in [0.5, 0.6) is 11.5 Å². The Morgan fingerprint density at radius 1 is 0.875 bits per heavy atom. The molecule has 168 valence electrons. The van der Waals surface area contributed by atoms with Crippen LogP contribution in [-0.4, -0.2) is 17.7 Å². The molecule has 0 bridgehead atoms. The van der Waals surface area contributed by atoms with E-state index in [2.05, 4.69) is 5.32 Å². The molecular formula is C23H19Cl4NO4. The Morgan fingerprint density at radius 3 is 2.28 bits per heavy atom. The molecule has 0 spiro atoms. The number of anilines is 1. The van der Waals surface area contributed by atoms with Crippen molar-refractivity contribution in [2.45, 2.75) is 20.1 Å². The summed E-state index contributed by atoms with van der Waals surface area (Å²) < 4.78 is 11.6. The van der Waals surface area contributed by atoms with Crippen LogP contribution in [0.25, 0.3) is 0 Å². The Labute approximate surface area is 205 Å². The molecule has 0 aliphatic rings. The third-order valence-corrected chi connectivity index (χ3v) is 5.78. The maximum absolute atomic E-state index is 11.3. The molecule has 0 fully saturated rings. The highest BCUT2D eigenvalue weighted by Gasteiger charge is 2.14. The number of ether oxygens (including phenoxy) is 2. The third-order valence-electron chi connectivity index (χ3n) is 4.43. The van der Waals surface area contributed by atoms with Gasteiger partial charge >= 0.3 is 5.97 Å². The fourth-order valence-electron chi connectivity index (χ4n) is 2.91. The lowest BCUT2D eigenvalue weighted by Crippen LogP contribution is -2.05. The van der Waals surface area contributed by atoms with Crippen LogP contribution in [-0.2, 0) is 13.2 Å². The third kappa shape index (κ3) is 6.14. The molecular weight excluding hydrogens is 496 g/mol. The molecule has 0 aliphatic carbocycles. The van der Waals surface area contributed by atoms with Gasteiger partial charge in [0.1, 0.15) is 6.61 Å². The first-order chi connectivity index (χ1) is 15.3. The van der Waals surface area contributed by atoms with Crippen molar-refractivity contribution in [3.63, 3.8) is 0 Å². The Balaban J connectivity index is 1.76. The van der Waals surface area contributed by atoms with E-state index >= 15 is 0 Å². The molecule has 0 heterocycles. The van der Waals surface area contributed by atoms with Gasteiger partial charge in [-0.25, -0.2) is 4.79 Å². The van der Waals surface area contributed by atoms with Gasteiger partial charge in [0, 0.05) is 12.2 Å². The summed E-state index contributed by atoms with van der Waals surface area (Å²) >= 11 is 24.4. The zero-order chi connectivity index (χ0) is 23.3. The van der Waals surface area contributed by atoms with Crippen molar-refractivity contribution in [2.75, 3.05) is 11.9 Å². The molecule has 0 amide bonds. The summed E-state index contributed by atoms with van der Waals surface area (Å²) in [6, 6.07) is 13.5. The second-order valence-electron chi connectivity index (χ2n) is 6.73. The Bertz CT molecular complexity index is 1140. The van der Waals surface area contributed by atoms with E-state index in [-0.39, 0.29) is 17.2 Å². The van der Waals surface area contributed by atoms with Crippen LogP contribution in [0.1, 0.15) is 28.4 Å². The SMILES string of the molecule is CCOc1cc(CNc2ccc(Cl)c(C(=O)O)c2)cc(Cl)c1OCc1ccc(Cl)c(Cl)c1. The molecule has 0 aliphatic heterocycles. The number of hydrogen-bond acceptors (Lipinski definition) is 4. The maximum Gasteiger partial charge on any atom is 0.337 e. The van der Waals surface area contributed by atoms with Crippen molar-refractivity contribution in [1.82, 2.24) is 0 Å². The van der Waals surface area contributed by atoms with E-state index in [1.54, 1.807) is 24.3 Å². The van der Waals surface area contributed by atoms with Crippen molar-refractivity contribution in [2.24, 2.45) is 0 Å². The van der Waals surface area contributed by atoms with Crippen molar-refractivity contribution in [1.29, 1.82) is 0 Å². The Morgan fingerprint density at radius 2 is 1.59 bits per heavy atom. The maximum atomic E-state index is 11.3. The first-order valence-electron chi connectivity index (χ1n) is 9.57. The van der Waals surface area contributed by atoms with Gasteiger partial charge in [-0.1, -0.05) is 52.5 Å². The van der Waals surface area contributed by atoms with E-state index in [4.69, 9.17) is 55.9 Å². The molecule has 3 aromatic carbocycles. The van der Waals surface area contributed by atoms with Gasteiger partial charge in [0.05, 0.1) is 32.3 Å². The number of hydrogen-bond donors (Lipinski definition) is 2. The van der Waals surface area contributed by atoms with Gasteiger partial charge in [-0.05, 0) is 60.5 Å². The molecule has 32 heavy (non-hydrogen) atoms. The standard InChI is InChI=1S/C23H19Cl4NO4/c1-2-31-21-9-14(11-28-15-4-6-17(24)16(10-15)23(29)30)8-20(27)22(21)32-12-13-3-5-18(25)19(26)7-13/h3-10,28H,2,11-12H2,1H3,(H,29,30). The minimum absolute atomic E-state index is 0.0238. The van der Waals surface area contributed by atoms with Crippen LogP contribution in [0.4, 0.5) is 5.69 Å². The summed E-state index contributed by atoms with van der Waals surface area (Å²) in [7, 11) is 0. The fraction of sp³-hybridized carbons (Fsp3) is 0.174. The van der Waals surface area contributed by atoms with E-state index in [0.29, 0.717) is 45.4 Å². The van der Waals surface area contributed by atoms with Gasteiger partial charge in [-0.2, -0.15) is 0 Å². The number of aromatic carboxylic acids is 1. The van der Waals surface area contributed by atoms with Crippen molar-refractivity contribution < 1.29 is 19.4 Å². The number of benzene rings is 3. The highest BCUT2D eigenvalue weighted by molar-refractivity contribution is 6.42. The molecule has 9 heteroatoms. The highest BCUT2D eigenvalue weighted by atomic mass is 35.5. The van der Waals surface area contributed by atoms with E-state index in [1.807, 2.05) is 19.1 Å².